The van der Waals surface area contributed by atoms with E-state index in [4.69, 9.17) is 16.3 Å². The van der Waals surface area contributed by atoms with Crippen molar-refractivity contribution in [3.8, 4) is 5.75 Å². The Kier molecular flexibility index (Phi) is 3.77. The van der Waals surface area contributed by atoms with Gasteiger partial charge in [0.2, 0.25) is 0 Å². The van der Waals surface area contributed by atoms with Crippen LogP contribution in [0.3, 0.4) is 0 Å². The van der Waals surface area contributed by atoms with Crippen LogP contribution >= 0.6 is 11.6 Å². The number of aryl methyl sites for hydroxylation is 1. The quantitative estimate of drug-likeness (QED) is 0.728. The Balaban J connectivity index is 2.63. The lowest BCUT2D eigenvalue weighted by Crippen LogP contribution is -1.93. The Bertz CT molecular complexity index is 310. The molecule has 0 amide bonds. The Morgan fingerprint density at radius 2 is 2.31 bits per heavy atom. The van der Waals surface area contributed by atoms with Crippen molar-refractivity contribution in [2.24, 2.45) is 0 Å². The summed E-state index contributed by atoms with van der Waals surface area (Å²) in [4.78, 5) is 0. The second kappa shape index (κ2) is 4.87. The molecule has 0 aliphatic carbocycles. The minimum Gasteiger partial charge on any atom is -0.489 e. The van der Waals surface area contributed by atoms with Gasteiger partial charge in [0.15, 0.2) is 0 Å². The van der Waals surface area contributed by atoms with Crippen molar-refractivity contribution >= 4 is 11.6 Å². The summed E-state index contributed by atoms with van der Waals surface area (Å²) in [6, 6.07) is 4.62. The van der Waals surface area contributed by atoms with Gasteiger partial charge in [0.25, 0.3) is 0 Å². The van der Waals surface area contributed by atoms with Gasteiger partial charge >= 0.3 is 0 Å². The average Bonchev–Trinajstić information content (AvgIpc) is 2.12. The molecule has 0 bridgehead atoms. The van der Waals surface area contributed by atoms with Gasteiger partial charge in [-0.2, -0.15) is 0 Å². The first kappa shape index (κ1) is 10.1. The fraction of sp³-hybridized carbons (Fsp3) is 0.200. The van der Waals surface area contributed by atoms with E-state index >= 15 is 0 Å². The summed E-state index contributed by atoms with van der Waals surface area (Å²) in [6.07, 6.45) is 1.67. The van der Waals surface area contributed by atoms with Crippen LogP contribution in [0.25, 0.3) is 0 Å². The fourth-order valence-corrected chi connectivity index (χ4v) is 0.960. The molecule has 1 aromatic carbocycles. The third-order valence-corrected chi connectivity index (χ3v) is 1.74. The van der Waals surface area contributed by atoms with Gasteiger partial charge in [0, 0.05) is 5.54 Å². The summed E-state index contributed by atoms with van der Waals surface area (Å²) < 4.78 is 18.0. The zero-order valence-corrected chi connectivity index (χ0v) is 8.01. The zero-order valence-electron chi connectivity index (χ0n) is 7.26. The zero-order chi connectivity index (χ0) is 9.68. The molecule has 0 unspecified atom stereocenters. The van der Waals surface area contributed by atoms with Crippen LogP contribution in [-0.2, 0) is 0 Å². The Hall–Kier alpha value is -1.02. The van der Waals surface area contributed by atoms with Crippen LogP contribution in [0.2, 0.25) is 0 Å². The van der Waals surface area contributed by atoms with Crippen molar-refractivity contribution in [2.45, 2.75) is 6.92 Å². The van der Waals surface area contributed by atoms with Gasteiger partial charge in [0.1, 0.15) is 18.2 Å². The maximum Gasteiger partial charge on any atom is 0.126 e. The monoisotopic (exact) mass is 200 g/mol. The van der Waals surface area contributed by atoms with Crippen molar-refractivity contribution in [1.29, 1.82) is 0 Å². The first-order chi connectivity index (χ1) is 6.24. The number of hydrogen-bond acceptors (Lipinski definition) is 1. The molecule has 0 fully saturated rings. The van der Waals surface area contributed by atoms with Crippen LogP contribution in [0.1, 0.15) is 5.56 Å². The highest BCUT2D eigenvalue weighted by atomic mass is 35.5. The Morgan fingerprint density at radius 3 is 2.92 bits per heavy atom. The molecule has 0 aliphatic heterocycles. The molecule has 0 radical (unpaired) electrons. The summed E-state index contributed by atoms with van der Waals surface area (Å²) in [5, 5.41) is 0. The molecule has 0 saturated carbocycles. The summed E-state index contributed by atoms with van der Waals surface area (Å²) in [7, 11) is 0. The SMILES string of the molecule is Cc1cc(OC/C=C/Cl)ccc1F. The molecule has 0 saturated heterocycles. The van der Waals surface area contributed by atoms with E-state index in [9.17, 15) is 4.39 Å². The minimum absolute atomic E-state index is 0.222. The van der Waals surface area contributed by atoms with Gasteiger partial charge in [-0.05, 0) is 36.8 Å². The number of ether oxygens (including phenoxy) is 1. The predicted molar refractivity (Wildman–Crippen MR) is 51.6 cm³/mol. The van der Waals surface area contributed by atoms with Gasteiger partial charge in [-0.1, -0.05) is 11.6 Å². The van der Waals surface area contributed by atoms with E-state index in [-0.39, 0.29) is 5.82 Å². The minimum atomic E-state index is -0.222. The van der Waals surface area contributed by atoms with Crippen molar-refractivity contribution < 1.29 is 9.13 Å². The third-order valence-electron chi connectivity index (χ3n) is 1.56. The van der Waals surface area contributed by atoms with Gasteiger partial charge in [-0.25, -0.2) is 4.39 Å². The van der Waals surface area contributed by atoms with Gasteiger partial charge in [0.05, 0.1) is 0 Å². The van der Waals surface area contributed by atoms with E-state index in [0.29, 0.717) is 17.9 Å². The number of halogens is 2. The molecule has 1 rings (SSSR count). The van der Waals surface area contributed by atoms with E-state index in [2.05, 4.69) is 0 Å². The van der Waals surface area contributed by atoms with Crippen LogP contribution in [-0.4, -0.2) is 6.61 Å². The first-order valence-corrected chi connectivity index (χ1v) is 4.32. The van der Waals surface area contributed by atoms with Crippen molar-refractivity contribution in [3.63, 3.8) is 0 Å². The molecule has 13 heavy (non-hydrogen) atoms. The molecule has 1 aromatic rings. The van der Waals surface area contributed by atoms with Crippen LogP contribution in [0, 0.1) is 12.7 Å². The highest BCUT2D eigenvalue weighted by molar-refractivity contribution is 6.25. The summed E-state index contributed by atoms with van der Waals surface area (Å²) in [5.74, 6) is 0.425. The molecule has 1 nitrogen and oxygen atoms in total. The lowest BCUT2D eigenvalue weighted by molar-refractivity contribution is 0.362. The number of hydrogen-bond donors (Lipinski definition) is 0. The normalized spacial score (nSPS) is 10.7. The van der Waals surface area contributed by atoms with Gasteiger partial charge in [-0.15, -0.1) is 0 Å². The second-order valence-electron chi connectivity index (χ2n) is 2.58. The summed E-state index contributed by atoms with van der Waals surface area (Å²) >= 11 is 5.30. The second-order valence-corrected chi connectivity index (χ2v) is 2.84. The van der Waals surface area contributed by atoms with Crippen LogP contribution in [0.5, 0.6) is 5.75 Å². The first-order valence-electron chi connectivity index (χ1n) is 3.88. The highest BCUT2D eigenvalue weighted by Gasteiger charge is 1.98. The van der Waals surface area contributed by atoms with Crippen LogP contribution in [0.4, 0.5) is 4.39 Å². The largest absolute Gasteiger partial charge is 0.489 e. The molecular weight excluding hydrogens is 191 g/mol. The third kappa shape index (κ3) is 3.07. The predicted octanol–water partition coefficient (Wildman–Crippen LogP) is 3.27. The van der Waals surface area contributed by atoms with Gasteiger partial charge < -0.3 is 4.74 Å². The molecule has 0 aliphatic rings. The van der Waals surface area contributed by atoms with Crippen LogP contribution in [0.15, 0.2) is 29.8 Å². The number of rotatable bonds is 3. The van der Waals surface area contributed by atoms with Crippen molar-refractivity contribution in [3.05, 3.63) is 41.2 Å². The standard InChI is InChI=1S/C10H10ClFO/c1-8-7-9(3-4-10(8)12)13-6-2-5-11/h2-5,7H,6H2,1H3/b5-2+. The van der Waals surface area contributed by atoms with E-state index in [1.165, 1.54) is 11.6 Å². The maximum atomic E-state index is 12.8. The lowest BCUT2D eigenvalue weighted by atomic mass is 10.2. The van der Waals surface area contributed by atoms with E-state index in [1.54, 1.807) is 25.1 Å². The molecule has 0 spiro atoms. The topological polar surface area (TPSA) is 9.23 Å². The van der Waals surface area contributed by atoms with Crippen molar-refractivity contribution in [2.75, 3.05) is 6.61 Å². The Morgan fingerprint density at radius 1 is 1.54 bits per heavy atom. The smallest absolute Gasteiger partial charge is 0.126 e. The molecule has 70 valence electrons. The maximum absolute atomic E-state index is 12.8. The summed E-state index contributed by atoms with van der Waals surface area (Å²) in [5.41, 5.74) is 1.96. The molecule has 0 atom stereocenters. The van der Waals surface area contributed by atoms with E-state index < -0.39 is 0 Å². The fourth-order valence-electron chi connectivity index (χ4n) is 0.888. The van der Waals surface area contributed by atoms with E-state index in [1.807, 2.05) is 0 Å². The van der Waals surface area contributed by atoms with Crippen LogP contribution < -0.4 is 4.74 Å². The molecular formula is C10H10ClFO. The highest BCUT2D eigenvalue weighted by Crippen LogP contribution is 2.15. The molecule has 0 N–H and O–H groups in total. The molecule has 0 heterocycles. The van der Waals surface area contributed by atoms with E-state index in [0.717, 1.165) is 0 Å². The average molecular weight is 201 g/mol. The van der Waals surface area contributed by atoms with Crippen molar-refractivity contribution in [1.82, 2.24) is 0 Å². The lowest BCUT2D eigenvalue weighted by Gasteiger charge is -2.03. The Labute approximate surface area is 81.8 Å². The molecule has 0 aromatic heterocycles. The summed E-state index contributed by atoms with van der Waals surface area (Å²) in [6.45, 7) is 2.09. The number of benzene rings is 1. The molecule has 3 heteroatoms. The van der Waals surface area contributed by atoms with Gasteiger partial charge in [-0.3, -0.25) is 0 Å².